The Balaban J connectivity index is 2.15. The first-order valence-electron chi connectivity index (χ1n) is 6.41. The molecule has 1 aliphatic heterocycles. The van der Waals surface area contributed by atoms with E-state index in [9.17, 15) is 5.11 Å². The molecule has 0 saturated carbocycles. The zero-order valence-electron chi connectivity index (χ0n) is 10.9. The maximum atomic E-state index is 9.71. The number of phenolic OH excluding ortho intramolecular Hbond substituents is 1. The molecule has 0 aromatic heterocycles. The zero-order chi connectivity index (χ0) is 13.1. The molecule has 1 saturated heterocycles. The number of ether oxygens (including phenoxy) is 1. The molecule has 1 aromatic carbocycles. The molecule has 0 amide bonds. The minimum atomic E-state index is 0.0228. The van der Waals surface area contributed by atoms with Crippen LogP contribution in [-0.4, -0.2) is 29.7 Å². The van der Waals surface area contributed by atoms with E-state index in [-0.39, 0.29) is 5.75 Å². The average Bonchev–Trinajstić information content (AvgIpc) is 2.36. The van der Waals surface area contributed by atoms with Crippen LogP contribution in [0.1, 0.15) is 31.7 Å². The summed E-state index contributed by atoms with van der Waals surface area (Å²) in [5.41, 5.74) is 1.09. The number of halogens is 1. The van der Waals surface area contributed by atoms with Crippen molar-refractivity contribution in [3.8, 4) is 11.5 Å². The molecule has 3 nitrogen and oxygen atoms in total. The Labute approximate surface area is 113 Å². The van der Waals surface area contributed by atoms with Crippen molar-refractivity contribution in [2.24, 2.45) is 0 Å². The Morgan fingerprint density at radius 2 is 2.22 bits per heavy atom. The normalized spacial score (nSPS) is 20.9. The Morgan fingerprint density at radius 1 is 1.44 bits per heavy atom. The molecule has 1 N–H and O–H groups in total. The molecule has 2 rings (SSSR count). The first-order valence-corrected chi connectivity index (χ1v) is 6.79. The molecule has 1 heterocycles. The summed E-state index contributed by atoms with van der Waals surface area (Å²) < 4.78 is 5.13. The van der Waals surface area contributed by atoms with E-state index in [0.717, 1.165) is 18.7 Å². The van der Waals surface area contributed by atoms with Crippen LogP contribution < -0.4 is 4.74 Å². The Hall–Kier alpha value is -0.930. The summed E-state index contributed by atoms with van der Waals surface area (Å²) in [5.74, 6) is 0.469. The third kappa shape index (κ3) is 2.90. The summed E-state index contributed by atoms with van der Waals surface area (Å²) in [4.78, 5) is 2.45. The van der Waals surface area contributed by atoms with Gasteiger partial charge in [0.25, 0.3) is 0 Å². The number of methoxy groups -OCH3 is 1. The van der Waals surface area contributed by atoms with Gasteiger partial charge < -0.3 is 9.84 Å². The number of benzene rings is 1. The molecule has 18 heavy (non-hydrogen) atoms. The number of nitrogens with zero attached hydrogens (tertiary/aromatic N) is 1. The number of phenols is 1. The number of rotatable bonds is 3. The molecule has 0 bridgehead atoms. The molecule has 100 valence electrons. The van der Waals surface area contributed by atoms with Crippen molar-refractivity contribution in [3.63, 3.8) is 0 Å². The average molecular weight is 270 g/mol. The second kappa shape index (κ2) is 5.81. The fourth-order valence-corrected chi connectivity index (χ4v) is 2.73. The van der Waals surface area contributed by atoms with E-state index in [0.29, 0.717) is 16.8 Å². The van der Waals surface area contributed by atoms with Crippen LogP contribution in [0.15, 0.2) is 12.1 Å². The van der Waals surface area contributed by atoms with Gasteiger partial charge >= 0.3 is 0 Å². The van der Waals surface area contributed by atoms with Crippen molar-refractivity contribution < 1.29 is 9.84 Å². The second-order valence-corrected chi connectivity index (χ2v) is 5.35. The number of aromatic hydroxyl groups is 1. The smallest absolute Gasteiger partial charge is 0.176 e. The molecule has 1 aliphatic rings. The van der Waals surface area contributed by atoms with Gasteiger partial charge in [-0.1, -0.05) is 18.0 Å². The van der Waals surface area contributed by atoms with Crippen molar-refractivity contribution in [2.45, 2.75) is 38.8 Å². The summed E-state index contributed by atoms with van der Waals surface area (Å²) in [6.45, 7) is 4.25. The van der Waals surface area contributed by atoms with Gasteiger partial charge in [0.2, 0.25) is 0 Å². The third-order valence-electron chi connectivity index (χ3n) is 3.63. The van der Waals surface area contributed by atoms with E-state index >= 15 is 0 Å². The SMILES string of the molecule is COc1cc(CN2CCCCC2C)cc(Cl)c1O. The summed E-state index contributed by atoms with van der Waals surface area (Å²) in [6.07, 6.45) is 3.83. The van der Waals surface area contributed by atoms with Crippen LogP contribution in [0.2, 0.25) is 5.02 Å². The molecule has 0 radical (unpaired) electrons. The van der Waals surface area contributed by atoms with Crippen molar-refractivity contribution in [3.05, 3.63) is 22.7 Å². The quantitative estimate of drug-likeness (QED) is 0.913. The summed E-state index contributed by atoms with van der Waals surface area (Å²) in [7, 11) is 1.54. The predicted molar refractivity (Wildman–Crippen MR) is 73.4 cm³/mol. The highest BCUT2D eigenvalue weighted by atomic mass is 35.5. The largest absolute Gasteiger partial charge is 0.503 e. The fourth-order valence-electron chi connectivity index (χ4n) is 2.50. The topological polar surface area (TPSA) is 32.7 Å². The van der Waals surface area contributed by atoms with E-state index in [2.05, 4.69) is 11.8 Å². The maximum Gasteiger partial charge on any atom is 0.176 e. The van der Waals surface area contributed by atoms with Gasteiger partial charge in [-0.2, -0.15) is 0 Å². The number of hydrogen-bond acceptors (Lipinski definition) is 3. The highest BCUT2D eigenvalue weighted by molar-refractivity contribution is 6.32. The van der Waals surface area contributed by atoms with Gasteiger partial charge in [0, 0.05) is 12.6 Å². The van der Waals surface area contributed by atoms with E-state index in [4.69, 9.17) is 16.3 Å². The molecule has 4 heteroatoms. The monoisotopic (exact) mass is 269 g/mol. The summed E-state index contributed by atoms with van der Waals surface area (Å²) in [6, 6.07) is 4.29. The zero-order valence-corrected chi connectivity index (χ0v) is 11.7. The van der Waals surface area contributed by atoms with Crippen LogP contribution in [0.5, 0.6) is 11.5 Å². The maximum absolute atomic E-state index is 9.71. The third-order valence-corrected chi connectivity index (χ3v) is 3.92. The summed E-state index contributed by atoms with van der Waals surface area (Å²) in [5, 5.41) is 10.1. The van der Waals surface area contributed by atoms with Gasteiger partial charge in [-0.15, -0.1) is 0 Å². The van der Waals surface area contributed by atoms with Crippen molar-refractivity contribution in [1.82, 2.24) is 4.90 Å². The summed E-state index contributed by atoms with van der Waals surface area (Å²) >= 11 is 6.00. The molecule has 0 aliphatic carbocycles. The fraction of sp³-hybridized carbons (Fsp3) is 0.571. The Morgan fingerprint density at radius 3 is 2.89 bits per heavy atom. The lowest BCUT2D eigenvalue weighted by Crippen LogP contribution is -2.36. The van der Waals surface area contributed by atoms with Crippen LogP contribution in [0.3, 0.4) is 0 Å². The van der Waals surface area contributed by atoms with Gasteiger partial charge in [-0.25, -0.2) is 0 Å². The predicted octanol–water partition coefficient (Wildman–Crippen LogP) is 3.43. The molecule has 0 spiro atoms. The van der Waals surface area contributed by atoms with Crippen molar-refractivity contribution >= 4 is 11.6 Å². The van der Waals surface area contributed by atoms with E-state index in [1.807, 2.05) is 12.1 Å². The lowest BCUT2D eigenvalue weighted by molar-refractivity contribution is 0.152. The minimum Gasteiger partial charge on any atom is -0.503 e. The number of likely N-dealkylation sites (tertiary alicyclic amines) is 1. The highest BCUT2D eigenvalue weighted by Gasteiger charge is 2.19. The lowest BCUT2D eigenvalue weighted by Gasteiger charge is -2.33. The second-order valence-electron chi connectivity index (χ2n) is 4.94. The van der Waals surface area contributed by atoms with Crippen molar-refractivity contribution in [2.75, 3.05) is 13.7 Å². The Kier molecular flexibility index (Phi) is 4.36. The van der Waals surface area contributed by atoms with Crippen LogP contribution in [0, 0.1) is 0 Å². The van der Waals surface area contributed by atoms with Gasteiger partial charge in [0.1, 0.15) is 0 Å². The molecule has 1 fully saturated rings. The minimum absolute atomic E-state index is 0.0228. The van der Waals surface area contributed by atoms with Gasteiger partial charge in [0.15, 0.2) is 11.5 Å². The lowest BCUT2D eigenvalue weighted by atomic mass is 10.0. The highest BCUT2D eigenvalue weighted by Crippen LogP contribution is 2.35. The first kappa shape index (κ1) is 13.5. The molecular weight excluding hydrogens is 250 g/mol. The van der Waals surface area contributed by atoms with Crippen LogP contribution in [0.25, 0.3) is 0 Å². The first-order chi connectivity index (χ1) is 8.61. The van der Waals surface area contributed by atoms with Crippen LogP contribution in [0.4, 0.5) is 0 Å². The molecule has 1 atom stereocenters. The van der Waals surface area contributed by atoms with Gasteiger partial charge in [-0.05, 0) is 44.0 Å². The van der Waals surface area contributed by atoms with Crippen LogP contribution in [-0.2, 0) is 6.54 Å². The van der Waals surface area contributed by atoms with Gasteiger partial charge in [-0.3, -0.25) is 4.90 Å². The van der Waals surface area contributed by atoms with E-state index in [1.54, 1.807) is 7.11 Å². The van der Waals surface area contributed by atoms with Crippen molar-refractivity contribution in [1.29, 1.82) is 0 Å². The Bertz CT molecular complexity index is 423. The van der Waals surface area contributed by atoms with E-state index < -0.39 is 0 Å². The molecule has 1 unspecified atom stereocenters. The number of piperidine rings is 1. The molecular formula is C14H20ClNO2. The number of hydrogen-bond donors (Lipinski definition) is 1. The van der Waals surface area contributed by atoms with E-state index in [1.165, 1.54) is 19.3 Å². The standard InChI is InChI=1S/C14H20ClNO2/c1-10-5-3-4-6-16(10)9-11-7-12(15)14(17)13(8-11)18-2/h7-8,10,17H,3-6,9H2,1-2H3. The van der Waals surface area contributed by atoms with Gasteiger partial charge in [0.05, 0.1) is 12.1 Å². The van der Waals surface area contributed by atoms with Crippen LogP contribution >= 0.6 is 11.6 Å². The molecule has 1 aromatic rings.